The van der Waals surface area contributed by atoms with E-state index < -0.39 is 97.5 Å². The summed E-state index contributed by atoms with van der Waals surface area (Å²) in [5.74, 6) is -1.40. The van der Waals surface area contributed by atoms with Crippen LogP contribution in [0.1, 0.15) is 420 Å². The molecule has 0 saturated heterocycles. The first-order valence-corrected chi connectivity index (χ1v) is 44.2. The highest BCUT2D eigenvalue weighted by Gasteiger charge is 2.30. The zero-order valence-electron chi connectivity index (χ0n) is 63.9. The van der Waals surface area contributed by atoms with Crippen molar-refractivity contribution in [3.8, 4) is 0 Å². The molecular formula is C79H154O17P2. The highest BCUT2D eigenvalue weighted by atomic mass is 31.2. The van der Waals surface area contributed by atoms with Crippen molar-refractivity contribution in [1.29, 1.82) is 0 Å². The fourth-order valence-corrected chi connectivity index (χ4v) is 13.8. The number of ether oxygens (including phenoxy) is 4. The Morgan fingerprint density at radius 3 is 0.724 bits per heavy atom. The van der Waals surface area contributed by atoms with Crippen molar-refractivity contribution in [3.63, 3.8) is 0 Å². The third-order valence-corrected chi connectivity index (χ3v) is 20.8. The molecule has 0 bridgehead atoms. The third-order valence-electron chi connectivity index (χ3n) is 18.9. The van der Waals surface area contributed by atoms with E-state index in [1.807, 2.05) is 0 Å². The first-order chi connectivity index (χ1) is 47.6. The lowest BCUT2D eigenvalue weighted by Gasteiger charge is -2.21. The van der Waals surface area contributed by atoms with Crippen molar-refractivity contribution >= 4 is 39.5 Å². The Balaban J connectivity index is 5.16. The van der Waals surface area contributed by atoms with Gasteiger partial charge in [-0.15, -0.1) is 0 Å². The molecule has 3 N–H and O–H groups in total. The van der Waals surface area contributed by atoms with Crippen LogP contribution in [0.4, 0.5) is 0 Å². The van der Waals surface area contributed by atoms with Crippen LogP contribution in [0.2, 0.25) is 0 Å². The van der Waals surface area contributed by atoms with Gasteiger partial charge >= 0.3 is 39.5 Å². The van der Waals surface area contributed by atoms with Crippen LogP contribution in [-0.4, -0.2) is 96.7 Å². The highest BCUT2D eigenvalue weighted by Crippen LogP contribution is 2.45. The van der Waals surface area contributed by atoms with E-state index in [4.69, 9.17) is 37.0 Å². The fraction of sp³-hybridized carbons (Fsp3) is 0.949. The number of phosphoric acid groups is 2. The molecule has 0 heterocycles. The summed E-state index contributed by atoms with van der Waals surface area (Å²) in [7, 11) is -9.91. The number of carbonyl (C=O) groups is 4. The summed E-state index contributed by atoms with van der Waals surface area (Å²) in [6, 6.07) is 0. The van der Waals surface area contributed by atoms with Crippen LogP contribution in [0.5, 0.6) is 0 Å². The number of phosphoric ester groups is 2. The topological polar surface area (TPSA) is 237 Å². The molecule has 6 atom stereocenters. The number of aliphatic hydroxyl groups excluding tert-OH is 1. The Labute approximate surface area is 600 Å². The van der Waals surface area contributed by atoms with Crippen LogP contribution in [0, 0.1) is 5.92 Å². The summed E-state index contributed by atoms with van der Waals surface area (Å²) >= 11 is 0. The molecule has 0 aromatic carbocycles. The van der Waals surface area contributed by atoms with Crippen molar-refractivity contribution < 1.29 is 80.2 Å². The molecule has 0 aliphatic rings. The zero-order valence-corrected chi connectivity index (χ0v) is 65.7. The molecule has 3 unspecified atom stereocenters. The van der Waals surface area contributed by atoms with Gasteiger partial charge < -0.3 is 33.8 Å². The van der Waals surface area contributed by atoms with Gasteiger partial charge in [-0.1, -0.05) is 369 Å². The number of rotatable bonds is 79. The minimum atomic E-state index is -4.96. The van der Waals surface area contributed by atoms with E-state index in [0.29, 0.717) is 25.7 Å². The molecule has 0 fully saturated rings. The second-order valence-electron chi connectivity index (χ2n) is 28.7. The molecule has 0 aromatic heterocycles. The van der Waals surface area contributed by atoms with E-state index in [9.17, 15) is 43.2 Å². The fourth-order valence-electron chi connectivity index (χ4n) is 12.2. The Kier molecular flexibility index (Phi) is 70.6. The van der Waals surface area contributed by atoms with Crippen molar-refractivity contribution in [2.45, 2.75) is 438 Å². The van der Waals surface area contributed by atoms with Crippen LogP contribution in [-0.2, 0) is 65.4 Å². The Morgan fingerprint density at radius 1 is 0.286 bits per heavy atom. The van der Waals surface area contributed by atoms with Crippen LogP contribution >= 0.6 is 15.6 Å². The van der Waals surface area contributed by atoms with Gasteiger partial charge in [0.2, 0.25) is 0 Å². The second kappa shape index (κ2) is 72.0. The quantitative estimate of drug-likeness (QED) is 0.0222. The average molecular weight is 1440 g/mol. The van der Waals surface area contributed by atoms with Crippen molar-refractivity contribution in [3.05, 3.63) is 0 Å². The maximum Gasteiger partial charge on any atom is 0.472 e. The number of unbranched alkanes of at least 4 members (excludes halogenated alkanes) is 50. The molecule has 98 heavy (non-hydrogen) atoms. The largest absolute Gasteiger partial charge is 0.472 e. The molecule has 19 heteroatoms. The van der Waals surface area contributed by atoms with Crippen LogP contribution in [0.15, 0.2) is 0 Å². The molecule has 0 aliphatic heterocycles. The average Bonchev–Trinajstić information content (AvgIpc) is 1.07. The Hall–Kier alpha value is -1.94. The minimum absolute atomic E-state index is 0.103. The summed E-state index contributed by atoms with van der Waals surface area (Å²) in [5, 5.41) is 10.6. The number of aliphatic hydroxyl groups is 1. The second-order valence-corrected chi connectivity index (χ2v) is 31.6. The van der Waals surface area contributed by atoms with E-state index in [1.165, 1.54) is 238 Å². The number of hydrogen-bond acceptors (Lipinski definition) is 15. The van der Waals surface area contributed by atoms with Crippen molar-refractivity contribution in [2.24, 2.45) is 5.92 Å². The van der Waals surface area contributed by atoms with E-state index in [2.05, 4.69) is 34.6 Å². The summed E-state index contributed by atoms with van der Waals surface area (Å²) in [4.78, 5) is 72.8. The van der Waals surface area contributed by atoms with Gasteiger partial charge in [-0.25, -0.2) is 9.13 Å². The smallest absolute Gasteiger partial charge is 0.462 e. The predicted octanol–water partition coefficient (Wildman–Crippen LogP) is 23.6. The molecule has 0 spiro atoms. The molecule has 0 saturated carbocycles. The SMILES string of the molecule is CCCCCCCCCCCCCCCCCCCCCCCCC(=O)O[C@H](COC(=O)CCCCCCCCCCCCCCCCCCCC)COP(=O)(O)OC[C@@H](O)COP(=O)(O)OC[C@@H](COC(=O)CCCCCCCCCC)OC(=O)CCCCCCCCC(C)CC. The Bertz CT molecular complexity index is 1880. The van der Waals surface area contributed by atoms with Gasteiger partial charge in [-0.2, -0.15) is 0 Å². The monoisotopic (exact) mass is 1440 g/mol. The van der Waals surface area contributed by atoms with E-state index in [0.717, 1.165) is 102 Å². The lowest BCUT2D eigenvalue weighted by Crippen LogP contribution is -2.30. The molecule has 0 aromatic rings. The maximum atomic E-state index is 13.1. The number of esters is 4. The number of carbonyl (C=O) groups excluding carboxylic acids is 4. The van der Waals surface area contributed by atoms with Gasteiger partial charge in [0, 0.05) is 25.7 Å². The minimum Gasteiger partial charge on any atom is -0.462 e. The van der Waals surface area contributed by atoms with E-state index >= 15 is 0 Å². The summed E-state index contributed by atoms with van der Waals surface area (Å²) in [5.41, 5.74) is 0. The standard InChI is InChI=1S/C79H154O17P2/c1-6-10-13-16-19-22-24-26-28-30-32-33-34-35-37-39-41-43-45-48-54-59-64-78(83)95-74(68-90-77(82)63-58-53-47-44-42-40-38-36-31-29-27-25-23-20-17-14-11-7-2)70-93-97(85,86)91-66-73(80)67-92-98(87,88)94-71-75(69-89-76(81)62-57-52-46-21-18-15-12-8-3)96-79(84)65-60-55-50-49-51-56-61-72(5)9-4/h72-75,80H,6-71H2,1-5H3,(H,85,86)(H,87,88)/t72?,73-,74-,75-/m1/s1. The summed E-state index contributed by atoms with van der Waals surface area (Å²) in [6.07, 6.45) is 62.8. The molecule has 0 amide bonds. The predicted molar refractivity (Wildman–Crippen MR) is 400 cm³/mol. The molecular weight excluding hydrogens is 1280 g/mol. The summed E-state index contributed by atoms with van der Waals surface area (Å²) in [6.45, 7) is 7.23. The first-order valence-electron chi connectivity index (χ1n) is 41.2. The van der Waals surface area contributed by atoms with Gasteiger partial charge in [0.15, 0.2) is 12.2 Å². The van der Waals surface area contributed by atoms with Crippen LogP contribution in [0.3, 0.4) is 0 Å². The molecule has 0 radical (unpaired) electrons. The van der Waals surface area contributed by atoms with Gasteiger partial charge in [0.1, 0.15) is 19.3 Å². The molecule has 0 rings (SSSR count). The van der Waals surface area contributed by atoms with Crippen molar-refractivity contribution in [2.75, 3.05) is 39.6 Å². The highest BCUT2D eigenvalue weighted by molar-refractivity contribution is 7.47. The number of hydrogen-bond donors (Lipinski definition) is 3. The van der Waals surface area contributed by atoms with E-state index in [1.54, 1.807) is 0 Å². The van der Waals surface area contributed by atoms with Gasteiger partial charge in [-0.05, 0) is 31.6 Å². The lowest BCUT2D eigenvalue weighted by atomic mass is 10.00. The molecule has 582 valence electrons. The normalized spacial score (nSPS) is 14.2. The first kappa shape index (κ1) is 96.1. The van der Waals surface area contributed by atoms with E-state index in [-0.39, 0.29) is 25.7 Å². The van der Waals surface area contributed by atoms with Crippen molar-refractivity contribution in [1.82, 2.24) is 0 Å². The zero-order chi connectivity index (χ0) is 71.9. The van der Waals surface area contributed by atoms with Gasteiger partial charge in [0.05, 0.1) is 26.4 Å². The Morgan fingerprint density at radius 2 is 0.490 bits per heavy atom. The third kappa shape index (κ3) is 71.1. The maximum absolute atomic E-state index is 13.1. The molecule has 0 aliphatic carbocycles. The molecule has 17 nitrogen and oxygen atoms in total. The summed E-state index contributed by atoms with van der Waals surface area (Å²) < 4.78 is 68.5. The van der Waals surface area contributed by atoms with Gasteiger partial charge in [0.25, 0.3) is 0 Å². The lowest BCUT2D eigenvalue weighted by molar-refractivity contribution is -0.161. The van der Waals surface area contributed by atoms with Gasteiger partial charge in [-0.3, -0.25) is 37.3 Å². The van der Waals surface area contributed by atoms with Crippen LogP contribution in [0.25, 0.3) is 0 Å². The van der Waals surface area contributed by atoms with Crippen LogP contribution < -0.4 is 0 Å².